The molecule has 0 saturated carbocycles. The van der Waals surface area contributed by atoms with Crippen LogP contribution in [0.3, 0.4) is 0 Å². The van der Waals surface area contributed by atoms with Crippen molar-refractivity contribution in [3.05, 3.63) is 0 Å². The molecule has 0 radical (unpaired) electrons. The fraction of sp³-hybridized carbons (Fsp3) is 1.00. The lowest BCUT2D eigenvalue weighted by atomic mass is 10.2. The minimum absolute atomic E-state index is 0.213. The van der Waals surface area contributed by atoms with Gasteiger partial charge in [-0.15, -0.1) is 0 Å². The van der Waals surface area contributed by atoms with Crippen LogP contribution in [-0.4, -0.2) is 135 Å². The fourth-order valence-electron chi connectivity index (χ4n) is 4.11. The van der Waals surface area contributed by atoms with E-state index in [0.29, 0.717) is 26.4 Å². The zero-order valence-electron chi connectivity index (χ0n) is 38.0. The zero-order valence-corrected chi connectivity index (χ0v) is 42.0. The van der Waals surface area contributed by atoms with Crippen molar-refractivity contribution >= 4 is 33.3 Å². The van der Waals surface area contributed by atoms with E-state index in [9.17, 15) is 0 Å². The molecular formula is C39H90N2O6Si4. The molecule has 308 valence electrons. The Balaban J connectivity index is 4.83. The summed E-state index contributed by atoms with van der Waals surface area (Å²) < 4.78 is 38.3. The first kappa shape index (κ1) is 51.5. The van der Waals surface area contributed by atoms with Gasteiger partial charge < -0.3 is 27.2 Å². The van der Waals surface area contributed by atoms with Crippen molar-refractivity contribution in [1.82, 2.24) is 9.80 Å². The maximum absolute atomic E-state index is 6.52. The number of hydrogen-bond acceptors (Lipinski definition) is 8. The van der Waals surface area contributed by atoms with Crippen LogP contribution in [0.25, 0.3) is 0 Å². The molecule has 12 heteroatoms. The number of rotatable bonds is 26. The van der Waals surface area contributed by atoms with Gasteiger partial charge in [-0.2, -0.15) is 0 Å². The first-order valence-electron chi connectivity index (χ1n) is 20.0. The van der Waals surface area contributed by atoms with Gasteiger partial charge >= 0.3 is 0 Å². The molecule has 0 rings (SSSR count). The summed E-state index contributed by atoms with van der Waals surface area (Å²) in [6.45, 7) is 57.5. The van der Waals surface area contributed by atoms with Crippen molar-refractivity contribution in [2.75, 3.05) is 92.1 Å². The predicted molar refractivity (Wildman–Crippen MR) is 232 cm³/mol. The van der Waals surface area contributed by atoms with Crippen LogP contribution in [0.15, 0.2) is 0 Å². The van der Waals surface area contributed by atoms with Crippen molar-refractivity contribution in [3.63, 3.8) is 0 Å². The summed E-state index contributed by atoms with van der Waals surface area (Å²) in [5, 5.41) is 0.853. The average Bonchev–Trinajstić information content (AvgIpc) is 2.92. The smallest absolute Gasteiger partial charge is 0.192 e. The van der Waals surface area contributed by atoms with E-state index < -0.39 is 33.3 Å². The average molecular weight is 796 g/mol. The van der Waals surface area contributed by atoms with Crippen molar-refractivity contribution in [1.29, 1.82) is 0 Å². The summed E-state index contributed by atoms with van der Waals surface area (Å²) in [6, 6.07) is 0. The van der Waals surface area contributed by atoms with Crippen molar-refractivity contribution < 1.29 is 27.2 Å². The quantitative estimate of drug-likeness (QED) is 0.0634. The third-order valence-corrected chi connectivity index (χ3v) is 30.5. The van der Waals surface area contributed by atoms with Gasteiger partial charge in [-0.25, -0.2) is 0 Å². The maximum Gasteiger partial charge on any atom is 0.192 e. The largest absolute Gasteiger partial charge is 0.416 e. The molecule has 0 aromatic rings. The van der Waals surface area contributed by atoms with E-state index >= 15 is 0 Å². The lowest BCUT2D eigenvalue weighted by molar-refractivity contribution is 0.0549. The van der Waals surface area contributed by atoms with Gasteiger partial charge in [-0.3, -0.25) is 9.80 Å². The molecule has 0 saturated heterocycles. The Labute approximate surface area is 323 Å². The molecule has 51 heavy (non-hydrogen) atoms. The lowest BCUT2D eigenvalue weighted by Crippen LogP contribution is -2.45. The first-order chi connectivity index (χ1) is 22.9. The minimum Gasteiger partial charge on any atom is -0.416 e. The van der Waals surface area contributed by atoms with E-state index in [1.165, 1.54) is 0 Å². The Morgan fingerprint density at radius 3 is 0.706 bits per heavy atom. The van der Waals surface area contributed by atoms with Crippen LogP contribution in [0.4, 0.5) is 0 Å². The second-order valence-electron chi connectivity index (χ2n) is 20.7. The van der Waals surface area contributed by atoms with Crippen molar-refractivity contribution in [3.8, 4) is 0 Å². The molecule has 8 nitrogen and oxygen atoms in total. The maximum atomic E-state index is 6.52. The van der Waals surface area contributed by atoms with Crippen LogP contribution in [0, 0.1) is 0 Å². The van der Waals surface area contributed by atoms with Crippen molar-refractivity contribution in [2.45, 2.75) is 162 Å². The summed E-state index contributed by atoms with van der Waals surface area (Å²) in [5.41, 5.74) is 0. The highest BCUT2D eigenvalue weighted by atomic mass is 28.4. The van der Waals surface area contributed by atoms with Gasteiger partial charge in [-0.1, -0.05) is 83.1 Å². The van der Waals surface area contributed by atoms with Crippen LogP contribution >= 0.6 is 0 Å². The molecule has 0 heterocycles. The van der Waals surface area contributed by atoms with E-state index in [4.69, 9.17) is 27.2 Å². The van der Waals surface area contributed by atoms with Crippen LogP contribution in [0.5, 0.6) is 0 Å². The molecule has 0 aromatic carbocycles. The molecule has 0 aliphatic heterocycles. The van der Waals surface area contributed by atoms with Gasteiger partial charge in [0.25, 0.3) is 0 Å². The summed E-state index contributed by atoms with van der Waals surface area (Å²) in [6.07, 6.45) is 0.895. The second kappa shape index (κ2) is 21.7. The van der Waals surface area contributed by atoms with Crippen LogP contribution in [0.2, 0.25) is 72.5 Å². The van der Waals surface area contributed by atoms with Crippen LogP contribution in [0.1, 0.15) is 89.5 Å². The summed E-state index contributed by atoms with van der Waals surface area (Å²) in [5.74, 6) is 0. The van der Waals surface area contributed by atoms with E-state index in [1.807, 2.05) is 0 Å². The Morgan fingerprint density at radius 1 is 0.314 bits per heavy atom. The fourth-order valence-corrected chi connectivity index (χ4v) is 8.25. The third kappa shape index (κ3) is 20.3. The highest BCUT2D eigenvalue weighted by Crippen LogP contribution is 2.39. The molecule has 0 aliphatic carbocycles. The molecule has 0 aromatic heterocycles. The molecule has 0 atom stereocenters. The molecule has 0 aliphatic rings. The topological polar surface area (TPSA) is 61.9 Å². The zero-order chi connectivity index (χ0) is 40.0. The van der Waals surface area contributed by atoms with E-state index in [1.54, 1.807) is 0 Å². The predicted octanol–water partition coefficient (Wildman–Crippen LogP) is 10.1. The highest BCUT2D eigenvalue weighted by Gasteiger charge is 2.39. The van der Waals surface area contributed by atoms with E-state index in [0.717, 1.165) is 72.1 Å². The summed E-state index contributed by atoms with van der Waals surface area (Å²) >= 11 is 0. The van der Waals surface area contributed by atoms with Crippen molar-refractivity contribution in [2.24, 2.45) is 0 Å². The minimum atomic E-state index is -1.78. The second-order valence-corrected chi connectivity index (χ2v) is 39.9. The Kier molecular flexibility index (Phi) is 22.0. The Morgan fingerprint density at radius 2 is 0.510 bits per heavy atom. The number of nitrogens with zero attached hydrogens (tertiary/aromatic N) is 2. The monoisotopic (exact) mass is 795 g/mol. The van der Waals surface area contributed by atoms with Gasteiger partial charge in [0.2, 0.25) is 0 Å². The number of ether oxygens (including phenoxy) is 2. The normalized spacial score (nSPS) is 14.7. The molecule has 0 fully saturated rings. The van der Waals surface area contributed by atoms with Gasteiger partial charge in [0.05, 0.1) is 13.2 Å². The SMILES string of the molecule is CC(C)(C)[Si](C)(C)OCCN(CCOCCCOCCN(CCO[Si](C)(C)C(C)(C)C)CCO[Si](C)(C)C(C)(C)C)CCO[Si](C)(C)C(C)(C)C. The molecule has 0 bridgehead atoms. The van der Waals surface area contributed by atoms with Crippen LogP contribution in [-0.2, 0) is 27.2 Å². The first-order valence-corrected chi connectivity index (χ1v) is 31.7. The Bertz CT molecular complexity index is 800. The standard InChI is InChI=1S/C39H90N2O6Si4/c1-36(2,3)48(13,14)44-32-24-40(25-33-45-49(15,16)37(4,5)6)22-30-42-28-21-29-43-31-23-41(26-34-46-50(17,18)38(7,8)9)27-35-47-51(19,20)39(10,11)12/h21-35H2,1-20H3. The van der Waals surface area contributed by atoms with Gasteiger partial charge in [-0.05, 0) is 78.9 Å². The lowest BCUT2D eigenvalue weighted by Gasteiger charge is -2.38. The molecule has 0 amide bonds. The van der Waals surface area contributed by atoms with Gasteiger partial charge in [0, 0.05) is 78.9 Å². The number of hydrogen-bond donors (Lipinski definition) is 0. The van der Waals surface area contributed by atoms with Gasteiger partial charge in [0.1, 0.15) is 0 Å². The Hall–Kier alpha value is 0.548. The molecule has 0 unspecified atom stereocenters. The highest BCUT2D eigenvalue weighted by molar-refractivity contribution is 6.75. The van der Waals surface area contributed by atoms with Crippen LogP contribution < -0.4 is 0 Å². The van der Waals surface area contributed by atoms with E-state index in [-0.39, 0.29) is 20.2 Å². The van der Waals surface area contributed by atoms with E-state index in [2.05, 4.69) is 145 Å². The third-order valence-electron chi connectivity index (χ3n) is 12.4. The molecule has 0 spiro atoms. The molecular weight excluding hydrogens is 705 g/mol. The summed E-state index contributed by atoms with van der Waals surface area (Å²) in [4.78, 5) is 4.91. The van der Waals surface area contributed by atoms with Gasteiger partial charge in [0.15, 0.2) is 33.3 Å². The summed E-state index contributed by atoms with van der Waals surface area (Å²) in [7, 11) is -7.11. The molecule has 0 N–H and O–H groups in total.